The third-order valence-electron chi connectivity index (χ3n) is 6.86. The predicted molar refractivity (Wildman–Crippen MR) is 117 cm³/mol. The minimum atomic E-state index is 0.0598. The van der Waals surface area contributed by atoms with Gasteiger partial charge in [0.25, 0.3) is 0 Å². The van der Waals surface area contributed by atoms with Crippen LogP contribution in [0.1, 0.15) is 64.4 Å². The predicted octanol–water partition coefficient (Wildman–Crippen LogP) is 4.35. The van der Waals surface area contributed by atoms with Gasteiger partial charge in [-0.1, -0.05) is 37.3 Å². The van der Waals surface area contributed by atoms with Gasteiger partial charge in [0.1, 0.15) is 0 Å². The van der Waals surface area contributed by atoms with Gasteiger partial charge in [-0.2, -0.15) is 0 Å². The number of hydrogen-bond acceptors (Lipinski definition) is 2. The zero-order valence-corrected chi connectivity index (χ0v) is 18.3. The molecule has 160 valence electrons. The summed E-state index contributed by atoms with van der Waals surface area (Å²) in [6.45, 7) is 10.0. The van der Waals surface area contributed by atoms with E-state index in [0.717, 1.165) is 51.7 Å². The van der Waals surface area contributed by atoms with Crippen molar-refractivity contribution in [2.24, 2.45) is 5.92 Å². The molecular formula is C24H37N3O2. The van der Waals surface area contributed by atoms with Crippen LogP contribution in [0.25, 0.3) is 0 Å². The Morgan fingerprint density at radius 1 is 1.00 bits per heavy atom. The molecule has 0 aliphatic carbocycles. The van der Waals surface area contributed by atoms with E-state index in [4.69, 9.17) is 0 Å². The molecule has 2 fully saturated rings. The Morgan fingerprint density at radius 3 is 2.24 bits per heavy atom. The van der Waals surface area contributed by atoms with Gasteiger partial charge in [-0.3, -0.25) is 4.79 Å². The lowest BCUT2D eigenvalue weighted by molar-refractivity contribution is -0.138. The van der Waals surface area contributed by atoms with Crippen LogP contribution in [0.3, 0.4) is 0 Å². The number of urea groups is 1. The van der Waals surface area contributed by atoms with E-state index in [1.807, 2.05) is 23.6 Å². The highest BCUT2D eigenvalue weighted by Crippen LogP contribution is 2.35. The lowest BCUT2D eigenvalue weighted by Crippen LogP contribution is -2.50. The molecular weight excluding hydrogens is 362 g/mol. The number of benzene rings is 1. The van der Waals surface area contributed by atoms with Gasteiger partial charge in [-0.05, 0) is 51.5 Å². The van der Waals surface area contributed by atoms with Crippen molar-refractivity contribution < 1.29 is 9.59 Å². The molecule has 0 aromatic heterocycles. The molecule has 0 radical (unpaired) electrons. The van der Waals surface area contributed by atoms with Crippen molar-refractivity contribution in [1.82, 2.24) is 14.7 Å². The first-order valence-corrected chi connectivity index (χ1v) is 11.5. The molecule has 0 N–H and O–H groups in total. The van der Waals surface area contributed by atoms with E-state index in [1.165, 1.54) is 5.56 Å². The van der Waals surface area contributed by atoms with Gasteiger partial charge < -0.3 is 14.7 Å². The van der Waals surface area contributed by atoms with Crippen molar-refractivity contribution in [2.75, 3.05) is 32.7 Å². The van der Waals surface area contributed by atoms with E-state index >= 15 is 0 Å². The second-order valence-electron chi connectivity index (χ2n) is 8.38. The van der Waals surface area contributed by atoms with Gasteiger partial charge in [0.05, 0.1) is 0 Å². The molecule has 3 rings (SSSR count). The molecule has 0 unspecified atom stereocenters. The number of carbonyl (C=O) groups is 2. The summed E-state index contributed by atoms with van der Waals surface area (Å²) in [5, 5.41) is 0. The first-order valence-electron chi connectivity index (χ1n) is 11.5. The Kier molecular flexibility index (Phi) is 7.57. The third kappa shape index (κ3) is 4.76. The van der Waals surface area contributed by atoms with Crippen molar-refractivity contribution in [3.8, 4) is 0 Å². The Labute approximate surface area is 176 Å². The highest BCUT2D eigenvalue weighted by molar-refractivity contribution is 5.80. The van der Waals surface area contributed by atoms with Gasteiger partial charge in [0, 0.05) is 50.6 Å². The van der Waals surface area contributed by atoms with Crippen LogP contribution >= 0.6 is 0 Å². The van der Waals surface area contributed by atoms with Crippen LogP contribution in [0.15, 0.2) is 30.3 Å². The Morgan fingerprint density at radius 2 is 1.66 bits per heavy atom. The fourth-order valence-corrected chi connectivity index (χ4v) is 5.16. The van der Waals surface area contributed by atoms with Gasteiger partial charge in [0.2, 0.25) is 5.91 Å². The molecule has 2 aliphatic heterocycles. The van der Waals surface area contributed by atoms with Gasteiger partial charge in [-0.15, -0.1) is 0 Å². The SMILES string of the molecule is CC[C@@H](c1ccccc1)[C@H]1CCCN1C(=O)C1CCN(C(=O)N(CC)CC)CC1. The van der Waals surface area contributed by atoms with Crippen LogP contribution in [-0.4, -0.2) is 65.4 Å². The number of hydrogen-bond donors (Lipinski definition) is 0. The van der Waals surface area contributed by atoms with E-state index in [2.05, 4.69) is 42.2 Å². The third-order valence-corrected chi connectivity index (χ3v) is 6.86. The van der Waals surface area contributed by atoms with E-state index in [-0.39, 0.29) is 11.9 Å². The van der Waals surface area contributed by atoms with E-state index in [0.29, 0.717) is 31.0 Å². The van der Waals surface area contributed by atoms with Crippen molar-refractivity contribution in [2.45, 2.75) is 64.8 Å². The molecule has 0 saturated carbocycles. The zero-order chi connectivity index (χ0) is 20.8. The number of piperidine rings is 1. The molecule has 5 heteroatoms. The Bertz CT molecular complexity index is 666. The molecule has 3 amide bonds. The van der Waals surface area contributed by atoms with E-state index in [9.17, 15) is 9.59 Å². The molecule has 29 heavy (non-hydrogen) atoms. The number of rotatable bonds is 6. The molecule has 0 spiro atoms. The maximum Gasteiger partial charge on any atom is 0.319 e. The molecule has 2 aliphatic rings. The monoisotopic (exact) mass is 399 g/mol. The van der Waals surface area contributed by atoms with Gasteiger partial charge in [0.15, 0.2) is 0 Å². The number of nitrogens with zero attached hydrogens (tertiary/aromatic N) is 3. The Balaban J connectivity index is 1.62. The highest BCUT2D eigenvalue weighted by Gasteiger charge is 2.38. The molecule has 0 bridgehead atoms. The quantitative estimate of drug-likeness (QED) is 0.714. The van der Waals surface area contributed by atoms with Crippen LogP contribution < -0.4 is 0 Å². The molecule has 2 heterocycles. The lowest BCUT2D eigenvalue weighted by atomic mass is 9.86. The van der Waals surface area contributed by atoms with E-state index < -0.39 is 0 Å². The largest absolute Gasteiger partial charge is 0.339 e. The average molecular weight is 400 g/mol. The highest BCUT2D eigenvalue weighted by atomic mass is 16.2. The molecule has 1 aromatic carbocycles. The molecule has 1 aromatic rings. The maximum absolute atomic E-state index is 13.4. The smallest absolute Gasteiger partial charge is 0.319 e. The Hall–Kier alpha value is -2.04. The van der Waals surface area contributed by atoms with Gasteiger partial charge >= 0.3 is 6.03 Å². The van der Waals surface area contributed by atoms with Crippen molar-refractivity contribution in [1.29, 1.82) is 0 Å². The first-order chi connectivity index (χ1) is 14.1. The fourth-order valence-electron chi connectivity index (χ4n) is 5.16. The minimum Gasteiger partial charge on any atom is -0.339 e. The van der Waals surface area contributed by atoms with Crippen LogP contribution in [-0.2, 0) is 4.79 Å². The van der Waals surface area contributed by atoms with Crippen LogP contribution in [0.5, 0.6) is 0 Å². The van der Waals surface area contributed by atoms with Crippen LogP contribution in [0.4, 0.5) is 4.79 Å². The number of likely N-dealkylation sites (tertiary alicyclic amines) is 2. The normalized spacial score (nSPS) is 21.3. The second-order valence-corrected chi connectivity index (χ2v) is 8.38. The standard InChI is InChI=1S/C24H37N3O2/c1-4-21(19-11-8-7-9-12-19)22-13-10-16-27(22)23(28)20-14-17-26(18-15-20)24(29)25(5-2)6-3/h7-9,11-12,20-22H,4-6,10,13-18H2,1-3H3/t21-,22+/m0/s1. The maximum atomic E-state index is 13.4. The van der Waals surface area contributed by atoms with Crippen LogP contribution in [0.2, 0.25) is 0 Å². The summed E-state index contributed by atoms with van der Waals surface area (Å²) in [7, 11) is 0. The molecule has 5 nitrogen and oxygen atoms in total. The number of carbonyl (C=O) groups excluding carboxylic acids is 2. The van der Waals surface area contributed by atoms with Crippen molar-refractivity contribution >= 4 is 11.9 Å². The summed E-state index contributed by atoms with van der Waals surface area (Å²) >= 11 is 0. The summed E-state index contributed by atoms with van der Waals surface area (Å²) in [6, 6.07) is 11.1. The summed E-state index contributed by atoms with van der Waals surface area (Å²) in [4.78, 5) is 32.0. The molecule has 2 atom stereocenters. The van der Waals surface area contributed by atoms with Gasteiger partial charge in [-0.25, -0.2) is 4.79 Å². The fraction of sp³-hybridized carbons (Fsp3) is 0.667. The average Bonchev–Trinajstić information content (AvgIpc) is 3.25. The minimum absolute atomic E-state index is 0.0598. The first kappa shape index (κ1) is 21.7. The summed E-state index contributed by atoms with van der Waals surface area (Å²) in [6.07, 6.45) is 4.82. The topological polar surface area (TPSA) is 43.9 Å². The summed E-state index contributed by atoms with van der Waals surface area (Å²) in [5.41, 5.74) is 1.35. The van der Waals surface area contributed by atoms with Crippen molar-refractivity contribution in [3.63, 3.8) is 0 Å². The molecule has 2 saturated heterocycles. The number of amides is 3. The summed E-state index contributed by atoms with van der Waals surface area (Å²) in [5.74, 6) is 0.786. The second kappa shape index (κ2) is 10.1. The van der Waals surface area contributed by atoms with Crippen LogP contribution in [0, 0.1) is 5.92 Å². The zero-order valence-electron chi connectivity index (χ0n) is 18.3. The summed E-state index contributed by atoms with van der Waals surface area (Å²) < 4.78 is 0. The van der Waals surface area contributed by atoms with E-state index in [1.54, 1.807) is 0 Å². The lowest BCUT2D eigenvalue weighted by Gasteiger charge is -2.38. The van der Waals surface area contributed by atoms with Crippen molar-refractivity contribution in [3.05, 3.63) is 35.9 Å².